The molecule has 0 spiro atoms. The van der Waals surface area contributed by atoms with Crippen molar-refractivity contribution in [2.45, 2.75) is 45.1 Å². The zero-order valence-corrected chi connectivity index (χ0v) is 8.84. The molecule has 3 N–H and O–H groups in total. The van der Waals surface area contributed by atoms with Crippen LogP contribution < -0.4 is 5.32 Å². The van der Waals surface area contributed by atoms with Crippen LogP contribution >= 0.6 is 0 Å². The van der Waals surface area contributed by atoms with Crippen molar-refractivity contribution in [3.63, 3.8) is 0 Å². The Labute approximate surface area is 81.2 Å². The third kappa shape index (κ3) is 8.22. The molecule has 0 saturated carbocycles. The Kier molecular flexibility index (Phi) is 7.23. The summed E-state index contributed by atoms with van der Waals surface area (Å²) >= 11 is 0. The van der Waals surface area contributed by atoms with Crippen molar-refractivity contribution in [3.8, 4) is 0 Å². The molecule has 0 amide bonds. The molecule has 0 rings (SSSR count). The molecule has 0 aliphatic carbocycles. The molecule has 13 heavy (non-hydrogen) atoms. The molecule has 0 aromatic heterocycles. The number of unbranched alkanes of at least 4 members (excludes halogenated alkanes) is 3. The van der Waals surface area contributed by atoms with Gasteiger partial charge in [-0.25, -0.2) is 0 Å². The molecule has 3 nitrogen and oxygen atoms in total. The van der Waals surface area contributed by atoms with Crippen molar-refractivity contribution < 1.29 is 10.2 Å². The molecular weight excluding hydrogens is 166 g/mol. The van der Waals surface area contributed by atoms with Crippen molar-refractivity contribution in [2.75, 3.05) is 19.7 Å². The summed E-state index contributed by atoms with van der Waals surface area (Å²) in [6.45, 7) is 5.02. The zero-order chi connectivity index (χ0) is 10.2. The quantitative estimate of drug-likeness (QED) is 0.497. The van der Waals surface area contributed by atoms with Gasteiger partial charge in [-0.3, -0.25) is 0 Å². The minimum atomic E-state index is -0.968. The average Bonchev–Trinajstić information content (AvgIpc) is 2.11. The summed E-state index contributed by atoms with van der Waals surface area (Å²) in [4.78, 5) is 0. The third-order valence-electron chi connectivity index (χ3n) is 2.05. The van der Waals surface area contributed by atoms with E-state index in [9.17, 15) is 5.11 Å². The van der Waals surface area contributed by atoms with Crippen LogP contribution in [0, 0.1) is 0 Å². The van der Waals surface area contributed by atoms with Crippen LogP contribution in [0.3, 0.4) is 0 Å². The van der Waals surface area contributed by atoms with Crippen LogP contribution in [0.2, 0.25) is 0 Å². The first kappa shape index (κ1) is 12.9. The average molecular weight is 189 g/mol. The van der Waals surface area contributed by atoms with Crippen LogP contribution in [-0.4, -0.2) is 35.5 Å². The summed E-state index contributed by atoms with van der Waals surface area (Å²) in [6, 6.07) is 0. The monoisotopic (exact) mass is 189 g/mol. The topological polar surface area (TPSA) is 52.5 Å². The molecule has 0 fully saturated rings. The van der Waals surface area contributed by atoms with E-state index >= 15 is 0 Å². The first-order valence-corrected chi connectivity index (χ1v) is 5.16. The fourth-order valence-corrected chi connectivity index (χ4v) is 1.09. The summed E-state index contributed by atoms with van der Waals surface area (Å²) in [5.74, 6) is 0. The Balaban J connectivity index is 3.16. The summed E-state index contributed by atoms with van der Waals surface area (Å²) in [5.41, 5.74) is -0.968. The number of aliphatic hydroxyl groups excluding tert-OH is 1. The van der Waals surface area contributed by atoms with E-state index in [1.807, 2.05) is 0 Å². The predicted octanol–water partition coefficient (Wildman–Crippen LogP) is 0.900. The first-order valence-electron chi connectivity index (χ1n) is 5.16. The van der Waals surface area contributed by atoms with E-state index in [1.54, 1.807) is 6.92 Å². The van der Waals surface area contributed by atoms with Crippen molar-refractivity contribution in [3.05, 3.63) is 0 Å². The number of hydrogen-bond donors (Lipinski definition) is 3. The molecule has 0 aromatic rings. The molecule has 80 valence electrons. The van der Waals surface area contributed by atoms with Crippen LogP contribution in [0.1, 0.15) is 39.5 Å². The first-order chi connectivity index (χ1) is 6.12. The molecule has 0 aromatic carbocycles. The lowest BCUT2D eigenvalue weighted by Crippen LogP contribution is -2.41. The standard InChI is InChI=1S/C10H23NO2/c1-3-4-5-6-7-11-8-10(2,13)9-12/h11-13H,3-9H2,1-2H3. The molecule has 1 atom stereocenters. The third-order valence-corrected chi connectivity index (χ3v) is 2.05. The molecule has 0 aliphatic heterocycles. The largest absolute Gasteiger partial charge is 0.393 e. The molecular formula is C10H23NO2. The molecule has 0 radical (unpaired) electrons. The maximum atomic E-state index is 9.41. The molecule has 3 heteroatoms. The van der Waals surface area contributed by atoms with E-state index in [2.05, 4.69) is 12.2 Å². The second kappa shape index (κ2) is 7.30. The van der Waals surface area contributed by atoms with Gasteiger partial charge in [0.25, 0.3) is 0 Å². The maximum absolute atomic E-state index is 9.41. The molecule has 0 aliphatic rings. The van der Waals surface area contributed by atoms with E-state index in [-0.39, 0.29) is 6.61 Å². The summed E-state index contributed by atoms with van der Waals surface area (Å²) in [7, 11) is 0. The summed E-state index contributed by atoms with van der Waals surface area (Å²) in [5, 5.41) is 21.3. The second-order valence-electron chi connectivity index (χ2n) is 3.89. The normalized spacial score (nSPS) is 15.7. The lowest BCUT2D eigenvalue weighted by Gasteiger charge is -2.20. The van der Waals surface area contributed by atoms with Crippen molar-refractivity contribution in [1.29, 1.82) is 0 Å². The van der Waals surface area contributed by atoms with E-state index in [4.69, 9.17) is 5.11 Å². The van der Waals surface area contributed by atoms with Gasteiger partial charge < -0.3 is 15.5 Å². The van der Waals surface area contributed by atoms with Gasteiger partial charge in [-0.2, -0.15) is 0 Å². The van der Waals surface area contributed by atoms with Crippen molar-refractivity contribution in [2.24, 2.45) is 0 Å². The SMILES string of the molecule is CCCCCCNCC(C)(O)CO. The smallest absolute Gasteiger partial charge is 0.0972 e. The van der Waals surface area contributed by atoms with Gasteiger partial charge in [0.05, 0.1) is 12.2 Å². The number of aliphatic hydroxyl groups is 2. The van der Waals surface area contributed by atoms with Gasteiger partial charge in [-0.15, -0.1) is 0 Å². The Morgan fingerprint density at radius 1 is 1.23 bits per heavy atom. The lowest BCUT2D eigenvalue weighted by atomic mass is 10.1. The number of rotatable bonds is 8. The van der Waals surface area contributed by atoms with E-state index in [0.29, 0.717) is 6.54 Å². The Morgan fingerprint density at radius 3 is 2.46 bits per heavy atom. The van der Waals surface area contributed by atoms with Gasteiger partial charge in [0.2, 0.25) is 0 Å². The second-order valence-corrected chi connectivity index (χ2v) is 3.89. The maximum Gasteiger partial charge on any atom is 0.0972 e. The van der Waals surface area contributed by atoms with Crippen molar-refractivity contribution in [1.82, 2.24) is 5.32 Å². The highest BCUT2D eigenvalue weighted by Gasteiger charge is 2.17. The highest BCUT2D eigenvalue weighted by molar-refractivity contribution is 4.73. The zero-order valence-electron chi connectivity index (χ0n) is 8.84. The molecule has 1 unspecified atom stereocenters. The van der Waals surface area contributed by atoms with Crippen LogP contribution in [0.4, 0.5) is 0 Å². The van der Waals surface area contributed by atoms with E-state index in [1.165, 1.54) is 19.3 Å². The minimum Gasteiger partial charge on any atom is -0.393 e. The van der Waals surface area contributed by atoms with Crippen LogP contribution in [0.15, 0.2) is 0 Å². The highest BCUT2D eigenvalue weighted by Crippen LogP contribution is 2.00. The Bertz CT molecular complexity index is 115. The van der Waals surface area contributed by atoms with Crippen LogP contribution in [0.25, 0.3) is 0 Å². The summed E-state index contributed by atoms with van der Waals surface area (Å²) in [6.07, 6.45) is 4.91. The van der Waals surface area contributed by atoms with Crippen molar-refractivity contribution >= 4 is 0 Å². The minimum absolute atomic E-state index is 0.186. The van der Waals surface area contributed by atoms with Gasteiger partial charge in [0.1, 0.15) is 0 Å². The van der Waals surface area contributed by atoms with Gasteiger partial charge in [-0.1, -0.05) is 26.2 Å². The molecule has 0 heterocycles. The van der Waals surface area contributed by atoms with Gasteiger partial charge in [0, 0.05) is 6.54 Å². The Morgan fingerprint density at radius 2 is 1.92 bits per heavy atom. The molecule has 0 bridgehead atoms. The number of hydrogen-bond acceptors (Lipinski definition) is 3. The van der Waals surface area contributed by atoms with Gasteiger partial charge in [0.15, 0.2) is 0 Å². The predicted molar refractivity (Wildman–Crippen MR) is 54.7 cm³/mol. The fourth-order valence-electron chi connectivity index (χ4n) is 1.09. The highest BCUT2D eigenvalue weighted by atomic mass is 16.3. The lowest BCUT2D eigenvalue weighted by molar-refractivity contribution is 0.00286. The summed E-state index contributed by atoms with van der Waals surface area (Å²) < 4.78 is 0. The van der Waals surface area contributed by atoms with E-state index in [0.717, 1.165) is 13.0 Å². The van der Waals surface area contributed by atoms with Crippen LogP contribution in [0.5, 0.6) is 0 Å². The molecule has 0 saturated heterocycles. The fraction of sp³-hybridized carbons (Fsp3) is 1.00. The Hall–Kier alpha value is -0.120. The van der Waals surface area contributed by atoms with Gasteiger partial charge >= 0.3 is 0 Å². The van der Waals surface area contributed by atoms with Crippen LogP contribution in [-0.2, 0) is 0 Å². The van der Waals surface area contributed by atoms with E-state index < -0.39 is 5.60 Å². The number of nitrogens with one attached hydrogen (secondary N) is 1. The van der Waals surface area contributed by atoms with Gasteiger partial charge in [-0.05, 0) is 19.9 Å².